The summed E-state index contributed by atoms with van der Waals surface area (Å²) in [5, 5.41) is 8.23. The number of fused-ring (bicyclic) bond motifs is 6. The summed E-state index contributed by atoms with van der Waals surface area (Å²) in [6.07, 6.45) is 3.94. The van der Waals surface area contributed by atoms with Gasteiger partial charge in [0.1, 0.15) is 5.58 Å². The fourth-order valence-corrected chi connectivity index (χ4v) is 6.88. The molecule has 0 aliphatic rings. The predicted octanol–water partition coefficient (Wildman–Crippen LogP) is 11.4. The first kappa shape index (κ1) is 28.6. The lowest BCUT2D eigenvalue weighted by atomic mass is 9.93. The molecule has 0 amide bonds. The molecule has 0 unspecified atom stereocenters. The summed E-state index contributed by atoms with van der Waals surface area (Å²) >= 11 is 0. The number of nitrogens with two attached hydrogens (primary N) is 1. The van der Waals surface area contributed by atoms with Crippen LogP contribution in [0.15, 0.2) is 150 Å². The number of rotatable bonds is 5. The number of nitrogens with zero attached hydrogens (tertiary/aromatic N) is 3. The van der Waals surface area contributed by atoms with Gasteiger partial charge in [0.05, 0.1) is 0 Å². The molecule has 9 aromatic rings. The van der Waals surface area contributed by atoms with E-state index in [9.17, 15) is 0 Å². The van der Waals surface area contributed by atoms with Gasteiger partial charge >= 0.3 is 0 Å². The molecule has 232 valence electrons. The quantitative estimate of drug-likeness (QED) is 0.191. The van der Waals surface area contributed by atoms with Crippen LogP contribution in [0.3, 0.4) is 0 Å². The maximum absolute atomic E-state index is 6.51. The molecule has 0 bridgehead atoms. The second kappa shape index (κ2) is 11.6. The highest BCUT2D eigenvalue weighted by Crippen LogP contribution is 2.41. The van der Waals surface area contributed by atoms with E-state index in [0.717, 1.165) is 44.2 Å². The van der Waals surface area contributed by atoms with Crippen LogP contribution in [0.2, 0.25) is 0 Å². The molecular weight excluding hydrogens is 601 g/mol. The third-order valence-corrected chi connectivity index (χ3v) is 9.21. The molecule has 2 heterocycles. The Balaban J connectivity index is 1.28. The van der Waals surface area contributed by atoms with Crippen molar-refractivity contribution in [2.24, 2.45) is 0 Å². The summed E-state index contributed by atoms with van der Waals surface area (Å²) < 4.78 is 6.25. The van der Waals surface area contributed by atoms with Crippen molar-refractivity contribution in [3.63, 3.8) is 0 Å². The number of benzene rings is 7. The first-order valence-corrected chi connectivity index (χ1v) is 16.4. The zero-order valence-electron chi connectivity index (χ0n) is 26.8. The first-order chi connectivity index (χ1) is 24.1. The van der Waals surface area contributed by atoms with E-state index in [-0.39, 0.29) is 0 Å². The number of hydrogen-bond donors (Lipinski definition) is 1. The molecule has 2 aromatic heterocycles. The van der Waals surface area contributed by atoms with Crippen LogP contribution < -0.4 is 5.73 Å². The lowest BCUT2D eigenvalue weighted by Crippen LogP contribution is -2.01. The molecule has 0 saturated carbocycles. The van der Waals surface area contributed by atoms with Crippen LogP contribution in [0, 0.1) is 0 Å². The highest BCUT2D eigenvalue weighted by molar-refractivity contribution is 6.17. The third-order valence-electron chi connectivity index (χ3n) is 9.21. The number of furan rings is 1. The van der Waals surface area contributed by atoms with Crippen LogP contribution in [-0.4, -0.2) is 15.0 Å². The van der Waals surface area contributed by atoms with E-state index in [0.29, 0.717) is 28.9 Å². The molecule has 7 aromatic carbocycles. The summed E-state index contributed by atoms with van der Waals surface area (Å²) in [6, 6.07) is 48.3. The number of allylic oxidation sites excluding steroid dienone is 1. The first-order valence-electron chi connectivity index (χ1n) is 16.4. The van der Waals surface area contributed by atoms with Crippen molar-refractivity contribution in [3.8, 4) is 45.3 Å². The van der Waals surface area contributed by atoms with E-state index in [2.05, 4.69) is 78.9 Å². The van der Waals surface area contributed by atoms with Gasteiger partial charge in [0.15, 0.2) is 23.4 Å². The van der Waals surface area contributed by atoms with Crippen molar-refractivity contribution >= 4 is 55.2 Å². The summed E-state index contributed by atoms with van der Waals surface area (Å²) in [5.41, 5.74) is 12.7. The number of hydrogen-bond acceptors (Lipinski definition) is 5. The summed E-state index contributed by atoms with van der Waals surface area (Å²) in [5.74, 6) is 2.09. The summed E-state index contributed by atoms with van der Waals surface area (Å²) in [7, 11) is 0. The van der Waals surface area contributed by atoms with Crippen LogP contribution in [-0.2, 0) is 0 Å². The van der Waals surface area contributed by atoms with E-state index >= 15 is 0 Å². The zero-order valence-corrected chi connectivity index (χ0v) is 26.8. The molecule has 0 aliphatic carbocycles. The van der Waals surface area contributed by atoms with Gasteiger partial charge in [-0.25, -0.2) is 15.0 Å². The van der Waals surface area contributed by atoms with Crippen LogP contribution in [0.4, 0.5) is 5.88 Å². The number of anilines is 1. The molecule has 0 radical (unpaired) electrons. The fraction of sp³-hybridized carbons (Fsp3) is 0.0227. The minimum absolute atomic E-state index is 0.351. The second-order valence-corrected chi connectivity index (χ2v) is 12.2. The Bertz CT molecular complexity index is 2670. The van der Waals surface area contributed by atoms with E-state index in [1.165, 1.54) is 26.9 Å². The van der Waals surface area contributed by atoms with Crippen molar-refractivity contribution in [1.29, 1.82) is 0 Å². The van der Waals surface area contributed by atoms with Gasteiger partial charge in [0.2, 0.25) is 0 Å². The van der Waals surface area contributed by atoms with Crippen molar-refractivity contribution < 1.29 is 4.42 Å². The summed E-state index contributed by atoms with van der Waals surface area (Å²) in [4.78, 5) is 15.1. The van der Waals surface area contributed by atoms with E-state index in [1.54, 1.807) is 0 Å². The van der Waals surface area contributed by atoms with Gasteiger partial charge in [-0.05, 0) is 68.6 Å². The zero-order chi connectivity index (χ0) is 32.9. The van der Waals surface area contributed by atoms with Gasteiger partial charge in [-0.1, -0.05) is 133 Å². The smallest absolute Gasteiger partial charge is 0.198 e. The number of aromatic nitrogens is 3. The maximum Gasteiger partial charge on any atom is 0.198 e. The predicted molar refractivity (Wildman–Crippen MR) is 203 cm³/mol. The topological polar surface area (TPSA) is 77.8 Å². The SMILES string of the molecule is C/C=C\c1c(N)oc2cc(-c3ccc4c(ccc5c6ccccc6ccc45)c3)cc(-c3nc(-c4ccccc4)nc(-c4ccccc4)n3)c12. The number of nitrogen functional groups attached to an aromatic ring is 1. The Labute approximate surface area is 283 Å². The lowest BCUT2D eigenvalue weighted by Gasteiger charge is -2.12. The fourth-order valence-electron chi connectivity index (χ4n) is 6.88. The van der Waals surface area contributed by atoms with Crippen LogP contribution in [0.1, 0.15) is 12.5 Å². The normalized spacial score (nSPS) is 11.8. The van der Waals surface area contributed by atoms with Gasteiger partial charge in [0.25, 0.3) is 0 Å². The van der Waals surface area contributed by atoms with Gasteiger partial charge in [-0.3, -0.25) is 0 Å². The molecular formula is C44H30N4O. The molecule has 5 heteroatoms. The monoisotopic (exact) mass is 630 g/mol. The molecule has 0 saturated heterocycles. The van der Waals surface area contributed by atoms with Gasteiger partial charge in [-0.2, -0.15) is 0 Å². The average Bonchev–Trinajstić information content (AvgIpc) is 3.48. The molecule has 2 N–H and O–H groups in total. The Morgan fingerprint density at radius 1 is 0.510 bits per heavy atom. The van der Waals surface area contributed by atoms with Gasteiger partial charge in [0, 0.05) is 27.6 Å². The van der Waals surface area contributed by atoms with Crippen LogP contribution >= 0.6 is 0 Å². The highest BCUT2D eigenvalue weighted by Gasteiger charge is 2.21. The van der Waals surface area contributed by atoms with Crippen molar-refractivity contribution in [3.05, 3.63) is 151 Å². The van der Waals surface area contributed by atoms with Gasteiger partial charge < -0.3 is 10.2 Å². The second-order valence-electron chi connectivity index (χ2n) is 12.2. The standard InChI is InChI=1S/C44H30N4O/c1-2-11-37-40-38(44-47-42(28-13-5-3-6-14-28)46-43(48-44)29-15-7-4-8-16-29)25-32(26-39(40)49-41(37)45)30-19-21-34-31(24-30)20-23-35-33-17-10-9-12-27(33)18-22-36(34)35/h2-26H,45H2,1H3/b11-2-. The van der Waals surface area contributed by atoms with E-state index in [4.69, 9.17) is 25.1 Å². The average molecular weight is 631 g/mol. The third kappa shape index (κ3) is 4.91. The van der Waals surface area contributed by atoms with Crippen molar-refractivity contribution in [2.75, 3.05) is 5.73 Å². The van der Waals surface area contributed by atoms with E-state index < -0.39 is 0 Å². The van der Waals surface area contributed by atoms with Crippen LogP contribution in [0.25, 0.3) is 94.7 Å². The van der Waals surface area contributed by atoms with Crippen LogP contribution in [0.5, 0.6) is 0 Å². The van der Waals surface area contributed by atoms with Crippen molar-refractivity contribution in [1.82, 2.24) is 15.0 Å². The molecule has 49 heavy (non-hydrogen) atoms. The largest absolute Gasteiger partial charge is 0.440 e. The minimum atomic E-state index is 0.351. The van der Waals surface area contributed by atoms with E-state index in [1.807, 2.05) is 79.7 Å². The Morgan fingerprint density at radius 3 is 1.80 bits per heavy atom. The molecule has 9 rings (SSSR count). The molecule has 0 spiro atoms. The molecule has 0 aliphatic heterocycles. The molecule has 0 atom stereocenters. The Hall–Kier alpha value is -6.59. The maximum atomic E-state index is 6.51. The lowest BCUT2D eigenvalue weighted by molar-refractivity contribution is 0.637. The summed E-state index contributed by atoms with van der Waals surface area (Å²) in [6.45, 7) is 1.97. The molecule has 5 nitrogen and oxygen atoms in total. The molecule has 0 fully saturated rings. The van der Waals surface area contributed by atoms with Gasteiger partial charge in [-0.15, -0.1) is 0 Å². The Morgan fingerprint density at radius 2 is 1.10 bits per heavy atom. The highest BCUT2D eigenvalue weighted by atomic mass is 16.3. The Kier molecular flexibility index (Phi) is 6.76. The van der Waals surface area contributed by atoms with Crippen molar-refractivity contribution in [2.45, 2.75) is 6.92 Å². The minimum Gasteiger partial charge on any atom is -0.440 e.